The van der Waals surface area contributed by atoms with Crippen molar-refractivity contribution in [2.75, 3.05) is 39.6 Å². The summed E-state index contributed by atoms with van der Waals surface area (Å²) in [7, 11) is -9.91. The number of carbonyl (C=O) groups is 4. The van der Waals surface area contributed by atoms with Crippen molar-refractivity contribution in [3.63, 3.8) is 0 Å². The van der Waals surface area contributed by atoms with Gasteiger partial charge in [-0.15, -0.1) is 0 Å². The minimum Gasteiger partial charge on any atom is -0.462 e. The molecule has 0 aromatic heterocycles. The monoisotopic (exact) mass is 1400 g/mol. The summed E-state index contributed by atoms with van der Waals surface area (Å²) in [5.74, 6) is 0.223. The summed E-state index contributed by atoms with van der Waals surface area (Å²) in [6, 6.07) is 0. The van der Waals surface area contributed by atoms with Crippen LogP contribution in [0.5, 0.6) is 0 Å². The van der Waals surface area contributed by atoms with Crippen LogP contribution >= 0.6 is 15.6 Å². The standard InChI is InChI=1S/C76H148O17P2/c1-8-9-10-11-33-43-50-57-73(78)86-63-71(92-76(81)60-53-46-39-32-26-29-36-42-49-56-69(6)7)65-90-94(82,83)88-61-70(77)62-89-95(84,85)91-66-72(93-75(80)59-52-45-38-31-25-21-17-13-15-19-23-28-35-41-48-55-68(4)5)64-87-74(79)58-51-44-37-30-24-20-16-12-14-18-22-27-34-40-47-54-67(2)3/h67-72,77H,8-66H2,1-7H3,(H,82,83)(H,84,85)/t70-,71+,72+/m0/s1. The SMILES string of the molecule is CCCCCCCCCC(=O)OC[C@H](COP(=O)(O)OC[C@H](O)COP(=O)(O)OC[C@@H](COC(=O)CCCCCCCCCCCCCCCCCC(C)C)OC(=O)CCCCCCCCCCCCCCCCCC(C)C)OC(=O)CCCCCCCCCCCC(C)C. The van der Waals surface area contributed by atoms with Crippen molar-refractivity contribution >= 4 is 39.5 Å². The van der Waals surface area contributed by atoms with Crippen LogP contribution in [0.4, 0.5) is 0 Å². The van der Waals surface area contributed by atoms with Gasteiger partial charge in [0.15, 0.2) is 12.2 Å². The lowest BCUT2D eigenvalue weighted by Crippen LogP contribution is -2.30. The topological polar surface area (TPSA) is 237 Å². The minimum absolute atomic E-state index is 0.105. The Balaban J connectivity index is 5.19. The van der Waals surface area contributed by atoms with Gasteiger partial charge < -0.3 is 33.8 Å². The van der Waals surface area contributed by atoms with Gasteiger partial charge in [-0.2, -0.15) is 0 Å². The van der Waals surface area contributed by atoms with E-state index in [0.717, 1.165) is 120 Å². The normalized spacial score (nSPS) is 14.1. The van der Waals surface area contributed by atoms with Gasteiger partial charge in [-0.1, -0.05) is 337 Å². The van der Waals surface area contributed by atoms with E-state index in [0.29, 0.717) is 25.7 Å². The van der Waals surface area contributed by atoms with E-state index in [4.69, 9.17) is 37.0 Å². The first kappa shape index (κ1) is 93.1. The molecule has 95 heavy (non-hydrogen) atoms. The van der Waals surface area contributed by atoms with Crippen molar-refractivity contribution in [3.8, 4) is 0 Å². The van der Waals surface area contributed by atoms with Crippen LogP contribution in [0.2, 0.25) is 0 Å². The molecule has 564 valence electrons. The minimum atomic E-state index is -4.96. The lowest BCUT2D eigenvalue weighted by molar-refractivity contribution is -0.161. The highest BCUT2D eigenvalue weighted by molar-refractivity contribution is 7.47. The second-order valence-corrected chi connectivity index (χ2v) is 31.7. The molecule has 0 aliphatic rings. The van der Waals surface area contributed by atoms with E-state index in [1.165, 1.54) is 186 Å². The van der Waals surface area contributed by atoms with Gasteiger partial charge in [0.25, 0.3) is 0 Å². The molecule has 17 nitrogen and oxygen atoms in total. The number of esters is 4. The molecule has 0 aromatic carbocycles. The van der Waals surface area contributed by atoms with E-state index in [9.17, 15) is 43.2 Å². The fourth-order valence-corrected chi connectivity index (χ4v) is 13.2. The number of aliphatic hydroxyl groups is 1. The summed E-state index contributed by atoms with van der Waals surface area (Å²) in [6.45, 7) is 11.9. The van der Waals surface area contributed by atoms with Crippen LogP contribution in [0.3, 0.4) is 0 Å². The first-order valence-corrected chi connectivity index (χ1v) is 42.3. The average Bonchev–Trinajstić information content (AvgIpc) is 3.35. The smallest absolute Gasteiger partial charge is 0.462 e. The van der Waals surface area contributed by atoms with E-state index < -0.39 is 97.5 Å². The Bertz CT molecular complexity index is 1850. The lowest BCUT2D eigenvalue weighted by Gasteiger charge is -2.21. The number of phosphoric ester groups is 2. The zero-order chi connectivity index (χ0) is 70.1. The van der Waals surface area contributed by atoms with Crippen molar-refractivity contribution in [2.45, 2.75) is 407 Å². The number of unbranched alkanes of at least 4 members (excludes halogenated alkanes) is 42. The van der Waals surface area contributed by atoms with Gasteiger partial charge in [0.2, 0.25) is 0 Å². The molecule has 0 spiro atoms. The van der Waals surface area contributed by atoms with Crippen LogP contribution in [0.15, 0.2) is 0 Å². The van der Waals surface area contributed by atoms with Crippen molar-refractivity contribution in [1.82, 2.24) is 0 Å². The van der Waals surface area contributed by atoms with E-state index in [1.807, 2.05) is 0 Å². The lowest BCUT2D eigenvalue weighted by atomic mass is 10.0. The second-order valence-electron chi connectivity index (χ2n) is 28.8. The molecule has 0 aliphatic heterocycles. The fraction of sp³-hybridized carbons (Fsp3) is 0.947. The maximum absolute atomic E-state index is 13.1. The molecular weight excluding hydrogens is 1250 g/mol. The first-order valence-electron chi connectivity index (χ1n) is 39.3. The Morgan fingerprint density at radius 2 is 0.484 bits per heavy atom. The van der Waals surface area contributed by atoms with E-state index in [-0.39, 0.29) is 25.7 Å². The van der Waals surface area contributed by atoms with Gasteiger partial charge in [0.05, 0.1) is 26.4 Å². The number of hydrogen-bond acceptors (Lipinski definition) is 15. The molecule has 0 fully saturated rings. The van der Waals surface area contributed by atoms with Crippen LogP contribution in [-0.4, -0.2) is 96.7 Å². The van der Waals surface area contributed by atoms with Crippen molar-refractivity contribution in [2.24, 2.45) is 17.8 Å². The average molecular weight is 1400 g/mol. The van der Waals surface area contributed by atoms with Gasteiger partial charge in [-0.05, 0) is 43.4 Å². The summed E-state index contributed by atoms with van der Waals surface area (Å²) < 4.78 is 68.4. The van der Waals surface area contributed by atoms with Crippen LogP contribution in [0, 0.1) is 17.8 Å². The molecule has 5 atom stereocenters. The zero-order valence-electron chi connectivity index (χ0n) is 62.1. The van der Waals surface area contributed by atoms with Crippen molar-refractivity contribution in [3.05, 3.63) is 0 Å². The summed E-state index contributed by atoms with van der Waals surface area (Å²) in [6.07, 6.45) is 52.9. The molecule has 0 aliphatic carbocycles. The molecule has 0 bridgehead atoms. The number of phosphoric acid groups is 2. The fourth-order valence-electron chi connectivity index (χ4n) is 11.6. The Hall–Kier alpha value is -1.94. The maximum atomic E-state index is 13.1. The van der Waals surface area contributed by atoms with Gasteiger partial charge in [-0.25, -0.2) is 9.13 Å². The molecule has 0 saturated heterocycles. The molecule has 0 saturated carbocycles. The molecule has 3 N–H and O–H groups in total. The summed E-state index contributed by atoms with van der Waals surface area (Å²) in [5.41, 5.74) is 0. The third-order valence-corrected chi connectivity index (χ3v) is 19.5. The maximum Gasteiger partial charge on any atom is 0.472 e. The zero-order valence-corrected chi connectivity index (χ0v) is 63.9. The van der Waals surface area contributed by atoms with Crippen molar-refractivity contribution in [1.29, 1.82) is 0 Å². The van der Waals surface area contributed by atoms with E-state index in [2.05, 4.69) is 48.5 Å². The van der Waals surface area contributed by atoms with Gasteiger partial charge in [-0.3, -0.25) is 37.3 Å². The van der Waals surface area contributed by atoms with Crippen LogP contribution in [0.1, 0.15) is 389 Å². The molecule has 2 unspecified atom stereocenters. The molecule has 0 radical (unpaired) electrons. The van der Waals surface area contributed by atoms with E-state index in [1.54, 1.807) is 0 Å². The third-order valence-electron chi connectivity index (χ3n) is 17.6. The quantitative estimate of drug-likeness (QED) is 0.0222. The highest BCUT2D eigenvalue weighted by atomic mass is 31.2. The summed E-state index contributed by atoms with van der Waals surface area (Å²) in [4.78, 5) is 72.7. The number of aliphatic hydroxyl groups excluding tert-OH is 1. The Labute approximate surface area is 581 Å². The van der Waals surface area contributed by atoms with Gasteiger partial charge >= 0.3 is 39.5 Å². The summed E-state index contributed by atoms with van der Waals surface area (Å²) in [5, 5.41) is 10.6. The number of ether oxygens (including phenoxy) is 4. The van der Waals surface area contributed by atoms with Crippen LogP contribution in [-0.2, 0) is 65.4 Å². The second kappa shape index (κ2) is 66.6. The van der Waals surface area contributed by atoms with Gasteiger partial charge in [0, 0.05) is 25.7 Å². The number of hydrogen-bond donors (Lipinski definition) is 3. The summed E-state index contributed by atoms with van der Waals surface area (Å²) >= 11 is 0. The third kappa shape index (κ3) is 70.3. The molecule has 0 rings (SSSR count). The molecule has 19 heteroatoms. The van der Waals surface area contributed by atoms with Crippen LogP contribution < -0.4 is 0 Å². The predicted octanol–water partition coefficient (Wildman–Crippen LogP) is 22.2. The molecule has 0 heterocycles. The Morgan fingerprint density at radius 1 is 0.284 bits per heavy atom. The number of rotatable bonds is 74. The van der Waals surface area contributed by atoms with Gasteiger partial charge in [0.1, 0.15) is 19.3 Å². The van der Waals surface area contributed by atoms with E-state index >= 15 is 0 Å². The Morgan fingerprint density at radius 3 is 0.716 bits per heavy atom. The molecular formula is C76H148O17P2. The largest absolute Gasteiger partial charge is 0.472 e. The van der Waals surface area contributed by atoms with Crippen molar-refractivity contribution < 1.29 is 80.2 Å². The first-order chi connectivity index (χ1) is 45.7. The molecule has 0 aromatic rings. The highest BCUT2D eigenvalue weighted by Crippen LogP contribution is 2.45. The predicted molar refractivity (Wildman–Crippen MR) is 386 cm³/mol. The highest BCUT2D eigenvalue weighted by Gasteiger charge is 2.30. The Kier molecular flexibility index (Phi) is 65.2. The molecule has 0 amide bonds. The van der Waals surface area contributed by atoms with Crippen LogP contribution in [0.25, 0.3) is 0 Å². The number of carbonyl (C=O) groups excluding carboxylic acids is 4.